The number of alkyl halides is 3. The Morgan fingerprint density at radius 1 is 1.31 bits per heavy atom. The third-order valence-corrected chi connectivity index (χ3v) is 5.07. The summed E-state index contributed by atoms with van der Waals surface area (Å²) >= 11 is 1.56. The number of ether oxygens (including phenoxy) is 2. The molecule has 160 valence electrons. The Balaban J connectivity index is 1.87. The average Bonchev–Trinajstić information content (AvgIpc) is 3.15. The summed E-state index contributed by atoms with van der Waals surface area (Å²) in [6, 6.07) is 6.46. The van der Waals surface area contributed by atoms with Crippen molar-refractivity contribution in [2.45, 2.75) is 32.3 Å². The highest BCUT2D eigenvalue weighted by Gasteiger charge is 2.28. The number of halogens is 3. The van der Waals surface area contributed by atoms with Crippen molar-refractivity contribution in [3.8, 4) is 5.75 Å². The molecule has 10 heteroatoms. The van der Waals surface area contributed by atoms with Crippen molar-refractivity contribution in [1.82, 2.24) is 15.2 Å². The molecule has 0 fully saturated rings. The first-order valence-electron chi connectivity index (χ1n) is 8.89. The van der Waals surface area contributed by atoms with E-state index < -0.39 is 12.8 Å². The molecule has 2 aromatic rings. The number of nitrogens with one attached hydrogen (secondary N) is 1. The van der Waals surface area contributed by atoms with Crippen molar-refractivity contribution in [2.24, 2.45) is 4.99 Å². The predicted molar refractivity (Wildman–Crippen MR) is 107 cm³/mol. The molecule has 1 heterocycles. The van der Waals surface area contributed by atoms with Gasteiger partial charge in [-0.05, 0) is 24.6 Å². The lowest BCUT2D eigenvalue weighted by molar-refractivity contribution is -0.153. The minimum absolute atomic E-state index is 0.0421. The fraction of sp³-hybridized carbons (Fsp3) is 0.474. The molecule has 0 aliphatic heterocycles. The smallest absolute Gasteiger partial charge is 0.422 e. The van der Waals surface area contributed by atoms with Gasteiger partial charge in [-0.2, -0.15) is 13.2 Å². The standard InChI is InChI=1S/C19H25F3N4O2S/c1-13(27-4)17-25-15(11-29-17)10-26(3)18(23-2)24-9-14-5-7-16(8-6-14)28-12-19(20,21)22/h5-8,11,13H,9-10,12H2,1-4H3,(H,23,24). The lowest BCUT2D eigenvalue weighted by atomic mass is 10.2. The summed E-state index contributed by atoms with van der Waals surface area (Å²) in [7, 11) is 5.24. The molecule has 0 aliphatic carbocycles. The van der Waals surface area contributed by atoms with Crippen LogP contribution in [0, 0.1) is 0 Å². The third-order valence-electron chi connectivity index (χ3n) is 4.02. The van der Waals surface area contributed by atoms with Crippen molar-refractivity contribution in [1.29, 1.82) is 0 Å². The number of rotatable bonds is 8. The van der Waals surface area contributed by atoms with E-state index in [4.69, 9.17) is 9.47 Å². The number of nitrogens with zero attached hydrogens (tertiary/aromatic N) is 3. The van der Waals surface area contributed by atoms with Crippen LogP contribution in [0.3, 0.4) is 0 Å². The summed E-state index contributed by atoms with van der Waals surface area (Å²) in [5, 5.41) is 6.15. The van der Waals surface area contributed by atoms with Gasteiger partial charge in [0, 0.05) is 33.1 Å². The van der Waals surface area contributed by atoms with Crippen molar-refractivity contribution < 1.29 is 22.6 Å². The summed E-state index contributed by atoms with van der Waals surface area (Å²) in [4.78, 5) is 10.8. The molecule has 0 bridgehead atoms. The van der Waals surface area contributed by atoms with Crippen molar-refractivity contribution in [2.75, 3.05) is 27.8 Å². The van der Waals surface area contributed by atoms with E-state index in [0.29, 0.717) is 19.0 Å². The topological polar surface area (TPSA) is 59.0 Å². The molecule has 0 saturated carbocycles. The molecule has 2 rings (SSSR count). The van der Waals surface area contributed by atoms with Gasteiger partial charge in [0.05, 0.1) is 12.2 Å². The number of aromatic nitrogens is 1. The molecule has 1 aromatic carbocycles. The number of guanidine groups is 1. The van der Waals surface area contributed by atoms with E-state index in [2.05, 4.69) is 15.3 Å². The van der Waals surface area contributed by atoms with Crippen LogP contribution in [0.1, 0.15) is 29.3 Å². The molecule has 0 saturated heterocycles. The Labute approximate surface area is 172 Å². The minimum atomic E-state index is -4.35. The van der Waals surface area contributed by atoms with Gasteiger partial charge >= 0.3 is 6.18 Å². The first-order chi connectivity index (χ1) is 13.7. The van der Waals surface area contributed by atoms with Gasteiger partial charge in [0.1, 0.15) is 16.9 Å². The van der Waals surface area contributed by atoms with Gasteiger partial charge < -0.3 is 19.7 Å². The van der Waals surface area contributed by atoms with Crippen molar-refractivity contribution >= 4 is 17.3 Å². The summed E-state index contributed by atoms with van der Waals surface area (Å²) in [5.41, 5.74) is 1.81. The summed E-state index contributed by atoms with van der Waals surface area (Å²) in [6.07, 6.45) is -4.39. The van der Waals surface area contributed by atoms with E-state index in [1.54, 1.807) is 37.6 Å². The van der Waals surface area contributed by atoms with Crippen LogP contribution >= 0.6 is 11.3 Å². The maximum atomic E-state index is 12.2. The number of thiazole rings is 1. The highest BCUT2D eigenvalue weighted by atomic mass is 32.1. The molecular weight excluding hydrogens is 405 g/mol. The van der Waals surface area contributed by atoms with Crippen LogP contribution in [0.5, 0.6) is 5.75 Å². The number of aliphatic imine (C=N–C) groups is 1. The van der Waals surface area contributed by atoms with Gasteiger partial charge in [-0.15, -0.1) is 11.3 Å². The Morgan fingerprint density at radius 3 is 2.59 bits per heavy atom. The zero-order chi connectivity index (χ0) is 21.4. The summed E-state index contributed by atoms with van der Waals surface area (Å²) in [6.45, 7) is 1.70. The molecule has 29 heavy (non-hydrogen) atoms. The van der Waals surface area contributed by atoms with Crippen LogP contribution in [0.15, 0.2) is 34.6 Å². The molecule has 0 aliphatic rings. The fourth-order valence-electron chi connectivity index (χ4n) is 2.44. The number of hydrogen-bond acceptors (Lipinski definition) is 5. The zero-order valence-electron chi connectivity index (χ0n) is 16.8. The lowest BCUT2D eigenvalue weighted by Crippen LogP contribution is -2.38. The Hall–Kier alpha value is -2.33. The van der Waals surface area contributed by atoms with Gasteiger partial charge in [0.2, 0.25) is 0 Å². The second-order valence-electron chi connectivity index (χ2n) is 6.36. The van der Waals surface area contributed by atoms with E-state index in [1.807, 2.05) is 24.3 Å². The Bertz CT molecular complexity index is 793. The first kappa shape index (κ1) is 23.0. The van der Waals surface area contributed by atoms with E-state index in [0.717, 1.165) is 16.3 Å². The van der Waals surface area contributed by atoms with E-state index in [-0.39, 0.29) is 11.9 Å². The maximum Gasteiger partial charge on any atom is 0.422 e. The minimum Gasteiger partial charge on any atom is -0.484 e. The second-order valence-corrected chi connectivity index (χ2v) is 7.25. The van der Waals surface area contributed by atoms with Crippen LogP contribution in [0.2, 0.25) is 0 Å². The Kier molecular flexibility index (Phi) is 8.27. The third kappa shape index (κ3) is 7.54. The van der Waals surface area contributed by atoms with Crippen LogP contribution in [0.25, 0.3) is 0 Å². The summed E-state index contributed by atoms with van der Waals surface area (Å²) in [5.74, 6) is 0.855. The number of benzene rings is 1. The predicted octanol–water partition coefficient (Wildman–Crippen LogP) is 4.00. The van der Waals surface area contributed by atoms with Gasteiger partial charge in [-0.1, -0.05) is 12.1 Å². The van der Waals surface area contributed by atoms with Crippen LogP contribution in [-0.2, 0) is 17.8 Å². The molecular formula is C19H25F3N4O2S. The Morgan fingerprint density at radius 2 is 2.00 bits per heavy atom. The maximum absolute atomic E-state index is 12.2. The quantitative estimate of drug-likeness (QED) is 0.507. The van der Waals surface area contributed by atoms with Crippen LogP contribution in [-0.4, -0.2) is 49.8 Å². The van der Waals surface area contributed by atoms with Gasteiger partial charge in [0.15, 0.2) is 12.6 Å². The highest BCUT2D eigenvalue weighted by Crippen LogP contribution is 2.21. The highest BCUT2D eigenvalue weighted by molar-refractivity contribution is 7.09. The number of methoxy groups -OCH3 is 1. The molecule has 1 aromatic heterocycles. The summed E-state index contributed by atoms with van der Waals surface area (Å²) < 4.78 is 46.6. The van der Waals surface area contributed by atoms with Gasteiger partial charge in [-0.3, -0.25) is 4.99 Å². The van der Waals surface area contributed by atoms with Gasteiger partial charge in [-0.25, -0.2) is 4.98 Å². The largest absolute Gasteiger partial charge is 0.484 e. The van der Waals surface area contributed by atoms with E-state index in [1.165, 1.54) is 12.1 Å². The molecule has 0 amide bonds. The van der Waals surface area contributed by atoms with Crippen LogP contribution < -0.4 is 10.1 Å². The SMILES string of the molecule is CN=C(NCc1ccc(OCC(F)(F)F)cc1)N(C)Cc1csc(C(C)OC)n1. The van der Waals surface area contributed by atoms with Crippen LogP contribution in [0.4, 0.5) is 13.2 Å². The molecule has 1 unspecified atom stereocenters. The molecule has 1 N–H and O–H groups in total. The molecule has 6 nitrogen and oxygen atoms in total. The average molecular weight is 430 g/mol. The normalized spacial score (nSPS) is 13.3. The van der Waals surface area contributed by atoms with Crippen molar-refractivity contribution in [3.05, 3.63) is 45.9 Å². The van der Waals surface area contributed by atoms with E-state index >= 15 is 0 Å². The zero-order valence-corrected chi connectivity index (χ0v) is 17.6. The monoisotopic (exact) mass is 430 g/mol. The first-order valence-corrected chi connectivity index (χ1v) is 9.77. The molecule has 0 spiro atoms. The molecule has 1 atom stereocenters. The number of hydrogen-bond donors (Lipinski definition) is 1. The van der Waals surface area contributed by atoms with Gasteiger partial charge in [0.25, 0.3) is 0 Å². The molecule has 0 radical (unpaired) electrons. The second kappa shape index (κ2) is 10.4. The lowest BCUT2D eigenvalue weighted by Gasteiger charge is -2.21. The fourth-order valence-corrected chi connectivity index (χ4v) is 3.28. The van der Waals surface area contributed by atoms with E-state index in [9.17, 15) is 13.2 Å². The van der Waals surface area contributed by atoms with Crippen molar-refractivity contribution in [3.63, 3.8) is 0 Å².